The molecule has 0 spiro atoms. The highest BCUT2D eigenvalue weighted by Crippen LogP contribution is 2.28. The SMILES string of the molecule is C=COCCCNCc1ccc(OC(C)C)c(OC)c1. The van der Waals surface area contributed by atoms with E-state index in [1.807, 2.05) is 32.0 Å². The van der Waals surface area contributed by atoms with Crippen molar-refractivity contribution in [2.24, 2.45) is 0 Å². The summed E-state index contributed by atoms with van der Waals surface area (Å²) in [4.78, 5) is 0. The highest BCUT2D eigenvalue weighted by molar-refractivity contribution is 5.43. The molecule has 0 atom stereocenters. The molecule has 0 aromatic heterocycles. The van der Waals surface area contributed by atoms with Gasteiger partial charge in [-0.05, 0) is 44.5 Å². The van der Waals surface area contributed by atoms with E-state index in [0.29, 0.717) is 6.61 Å². The van der Waals surface area contributed by atoms with Crippen LogP contribution in [0.25, 0.3) is 0 Å². The Morgan fingerprint density at radius 1 is 1.30 bits per heavy atom. The fraction of sp³-hybridized carbons (Fsp3) is 0.500. The van der Waals surface area contributed by atoms with Crippen molar-refractivity contribution in [2.45, 2.75) is 32.9 Å². The lowest BCUT2D eigenvalue weighted by Crippen LogP contribution is -2.16. The number of ether oxygens (including phenoxy) is 3. The zero-order valence-electron chi connectivity index (χ0n) is 12.6. The van der Waals surface area contributed by atoms with Crippen LogP contribution in [0.3, 0.4) is 0 Å². The Bertz CT molecular complexity index is 405. The third kappa shape index (κ3) is 5.97. The molecule has 0 fully saturated rings. The summed E-state index contributed by atoms with van der Waals surface area (Å²) in [6.07, 6.45) is 2.56. The van der Waals surface area contributed by atoms with Gasteiger partial charge in [0.15, 0.2) is 11.5 Å². The maximum atomic E-state index is 5.69. The van der Waals surface area contributed by atoms with Gasteiger partial charge in [-0.1, -0.05) is 12.6 Å². The van der Waals surface area contributed by atoms with Gasteiger partial charge in [-0.3, -0.25) is 0 Å². The smallest absolute Gasteiger partial charge is 0.161 e. The summed E-state index contributed by atoms with van der Waals surface area (Å²) in [5.41, 5.74) is 1.17. The van der Waals surface area contributed by atoms with Crippen molar-refractivity contribution >= 4 is 0 Å². The van der Waals surface area contributed by atoms with Crippen molar-refractivity contribution < 1.29 is 14.2 Å². The zero-order chi connectivity index (χ0) is 14.8. The number of nitrogens with one attached hydrogen (secondary N) is 1. The molecule has 4 heteroatoms. The predicted molar refractivity (Wildman–Crippen MR) is 81.2 cm³/mol. The topological polar surface area (TPSA) is 39.7 Å². The molecule has 0 saturated heterocycles. The Morgan fingerprint density at radius 2 is 2.10 bits per heavy atom. The lowest BCUT2D eigenvalue weighted by atomic mass is 10.2. The second kappa shape index (κ2) is 9.26. The normalized spacial score (nSPS) is 10.4. The molecule has 4 nitrogen and oxygen atoms in total. The van der Waals surface area contributed by atoms with E-state index in [0.717, 1.165) is 31.0 Å². The molecule has 0 radical (unpaired) electrons. The third-order valence-corrected chi connectivity index (χ3v) is 2.65. The highest BCUT2D eigenvalue weighted by Gasteiger charge is 2.07. The fourth-order valence-corrected chi connectivity index (χ4v) is 1.77. The van der Waals surface area contributed by atoms with Crippen LogP contribution in [-0.2, 0) is 11.3 Å². The molecule has 20 heavy (non-hydrogen) atoms. The van der Waals surface area contributed by atoms with Gasteiger partial charge in [0.25, 0.3) is 0 Å². The number of hydrogen-bond donors (Lipinski definition) is 1. The van der Waals surface area contributed by atoms with E-state index >= 15 is 0 Å². The molecule has 1 aromatic carbocycles. The van der Waals surface area contributed by atoms with Crippen molar-refractivity contribution in [1.29, 1.82) is 0 Å². The number of hydrogen-bond acceptors (Lipinski definition) is 4. The first kappa shape index (κ1) is 16.4. The van der Waals surface area contributed by atoms with Crippen LogP contribution >= 0.6 is 0 Å². The van der Waals surface area contributed by atoms with Gasteiger partial charge in [0, 0.05) is 6.54 Å². The largest absolute Gasteiger partial charge is 0.502 e. The van der Waals surface area contributed by atoms with Crippen LogP contribution in [0.15, 0.2) is 31.0 Å². The predicted octanol–water partition coefficient (Wildman–Crippen LogP) is 3.12. The first-order valence-corrected chi connectivity index (χ1v) is 6.94. The molecule has 0 amide bonds. The molecular weight excluding hydrogens is 254 g/mol. The Morgan fingerprint density at radius 3 is 2.75 bits per heavy atom. The average molecular weight is 279 g/mol. The van der Waals surface area contributed by atoms with Crippen LogP contribution in [-0.4, -0.2) is 26.4 Å². The van der Waals surface area contributed by atoms with Crippen molar-refractivity contribution in [2.75, 3.05) is 20.3 Å². The molecule has 0 bridgehead atoms. The minimum Gasteiger partial charge on any atom is -0.502 e. The van der Waals surface area contributed by atoms with Gasteiger partial charge in [0.2, 0.25) is 0 Å². The Labute approximate surface area is 121 Å². The molecule has 1 N–H and O–H groups in total. The van der Waals surface area contributed by atoms with Crippen LogP contribution < -0.4 is 14.8 Å². The molecule has 0 heterocycles. The summed E-state index contributed by atoms with van der Waals surface area (Å²) in [7, 11) is 1.66. The molecule has 112 valence electrons. The van der Waals surface area contributed by atoms with E-state index in [1.54, 1.807) is 7.11 Å². The summed E-state index contributed by atoms with van der Waals surface area (Å²) >= 11 is 0. The van der Waals surface area contributed by atoms with Crippen LogP contribution in [0.2, 0.25) is 0 Å². The van der Waals surface area contributed by atoms with Crippen molar-refractivity contribution in [3.05, 3.63) is 36.6 Å². The van der Waals surface area contributed by atoms with E-state index < -0.39 is 0 Å². The van der Waals surface area contributed by atoms with Crippen molar-refractivity contribution in [3.63, 3.8) is 0 Å². The lowest BCUT2D eigenvalue weighted by molar-refractivity contribution is 0.230. The highest BCUT2D eigenvalue weighted by atomic mass is 16.5. The summed E-state index contributed by atoms with van der Waals surface area (Å²) < 4.78 is 16.1. The Kier molecular flexibility index (Phi) is 7.58. The van der Waals surface area contributed by atoms with Crippen LogP contribution in [0, 0.1) is 0 Å². The monoisotopic (exact) mass is 279 g/mol. The number of benzene rings is 1. The molecule has 0 aliphatic carbocycles. The average Bonchev–Trinajstić information content (AvgIpc) is 2.43. The van der Waals surface area contributed by atoms with Gasteiger partial charge in [0.1, 0.15) is 0 Å². The van der Waals surface area contributed by atoms with Gasteiger partial charge in [-0.15, -0.1) is 0 Å². The summed E-state index contributed by atoms with van der Waals surface area (Å²) in [6.45, 7) is 9.90. The van der Waals surface area contributed by atoms with Crippen molar-refractivity contribution in [1.82, 2.24) is 5.32 Å². The molecule has 0 aliphatic rings. The van der Waals surface area contributed by atoms with Crippen molar-refractivity contribution in [3.8, 4) is 11.5 Å². The van der Waals surface area contributed by atoms with Gasteiger partial charge < -0.3 is 19.5 Å². The Hall–Kier alpha value is -1.68. The van der Waals surface area contributed by atoms with E-state index in [9.17, 15) is 0 Å². The second-order valence-electron chi connectivity index (χ2n) is 4.72. The summed E-state index contributed by atoms with van der Waals surface area (Å²) in [6, 6.07) is 6.01. The van der Waals surface area contributed by atoms with E-state index in [-0.39, 0.29) is 6.10 Å². The molecule has 0 aliphatic heterocycles. The van der Waals surface area contributed by atoms with Gasteiger partial charge >= 0.3 is 0 Å². The molecule has 1 aromatic rings. The summed E-state index contributed by atoms with van der Waals surface area (Å²) in [5, 5.41) is 3.36. The van der Waals surface area contributed by atoms with Gasteiger partial charge in [0.05, 0.1) is 26.1 Å². The second-order valence-corrected chi connectivity index (χ2v) is 4.72. The molecular formula is C16H25NO3. The lowest BCUT2D eigenvalue weighted by Gasteiger charge is -2.14. The first-order valence-electron chi connectivity index (χ1n) is 6.94. The maximum Gasteiger partial charge on any atom is 0.161 e. The van der Waals surface area contributed by atoms with Crippen LogP contribution in [0.1, 0.15) is 25.8 Å². The Balaban J connectivity index is 2.44. The van der Waals surface area contributed by atoms with Gasteiger partial charge in [-0.25, -0.2) is 0 Å². The third-order valence-electron chi connectivity index (χ3n) is 2.65. The van der Waals surface area contributed by atoms with E-state index in [1.165, 1.54) is 11.8 Å². The van der Waals surface area contributed by atoms with Crippen LogP contribution in [0.4, 0.5) is 0 Å². The fourth-order valence-electron chi connectivity index (χ4n) is 1.77. The molecule has 0 unspecified atom stereocenters. The zero-order valence-corrected chi connectivity index (χ0v) is 12.6. The quantitative estimate of drug-likeness (QED) is 0.527. The summed E-state index contributed by atoms with van der Waals surface area (Å²) in [5.74, 6) is 1.55. The minimum atomic E-state index is 0.137. The van der Waals surface area contributed by atoms with Crippen LogP contribution in [0.5, 0.6) is 11.5 Å². The minimum absolute atomic E-state index is 0.137. The van der Waals surface area contributed by atoms with E-state index in [2.05, 4.69) is 11.9 Å². The molecule has 0 saturated carbocycles. The standard InChI is InChI=1S/C16H25NO3/c1-5-19-10-6-9-17-12-14-7-8-15(20-13(2)3)16(11-14)18-4/h5,7-8,11,13,17H,1,6,9-10,12H2,2-4H3. The molecule has 1 rings (SSSR count). The number of methoxy groups -OCH3 is 1. The van der Waals surface area contributed by atoms with E-state index in [4.69, 9.17) is 14.2 Å². The number of rotatable bonds is 10. The van der Waals surface area contributed by atoms with Gasteiger partial charge in [-0.2, -0.15) is 0 Å². The maximum absolute atomic E-state index is 5.69. The first-order chi connectivity index (χ1) is 9.67.